The van der Waals surface area contributed by atoms with Crippen LogP contribution in [-0.2, 0) is 17.4 Å². The highest BCUT2D eigenvalue weighted by atomic mass is 32.1. The molecule has 0 spiro atoms. The summed E-state index contributed by atoms with van der Waals surface area (Å²) >= 11 is 1.39. The average molecular weight is 556 g/mol. The van der Waals surface area contributed by atoms with E-state index in [-0.39, 0.29) is 29.7 Å². The number of halogens is 3. The number of rotatable bonds is 7. The van der Waals surface area contributed by atoms with E-state index in [9.17, 15) is 22.8 Å². The number of carbonyl (C=O) groups is 2. The second kappa shape index (κ2) is 10.8. The van der Waals surface area contributed by atoms with Crippen molar-refractivity contribution in [1.29, 1.82) is 0 Å². The minimum Gasteiger partial charge on any atom is -0.496 e. The van der Waals surface area contributed by atoms with Gasteiger partial charge in [0.05, 0.1) is 24.7 Å². The molecule has 39 heavy (non-hydrogen) atoms. The third-order valence-corrected chi connectivity index (χ3v) is 8.10. The second-order valence-electron chi connectivity index (χ2n) is 9.71. The summed E-state index contributed by atoms with van der Waals surface area (Å²) in [7, 11) is 1.37. The van der Waals surface area contributed by atoms with Crippen LogP contribution < -0.4 is 9.64 Å². The van der Waals surface area contributed by atoms with Gasteiger partial charge in [0.1, 0.15) is 5.75 Å². The number of benzene rings is 2. The number of ether oxygens (including phenoxy) is 1. The summed E-state index contributed by atoms with van der Waals surface area (Å²) in [6.07, 6.45) is 1.85. The molecule has 5 rings (SSSR count). The normalized spacial score (nSPS) is 14.5. The maximum Gasteiger partial charge on any atom is 0.417 e. The van der Waals surface area contributed by atoms with Crippen molar-refractivity contribution in [3.63, 3.8) is 0 Å². The van der Waals surface area contributed by atoms with Crippen molar-refractivity contribution in [3.05, 3.63) is 75.9 Å². The molecular formula is C29H28F3N3O3S. The van der Waals surface area contributed by atoms with Gasteiger partial charge in [0.15, 0.2) is 10.9 Å². The van der Waals surface area contributed by atoms with Gasteiger partial charge in [0.25, 0.3) is 0 Å². The number of thiazole rings is 1. The van der Waals surface area contributed by atoms with Crippen LogP contribution in [0, 0.1) is 6.92 Å². The van der Waals surface area contributed by atoms with Gasteiger partial charge in [-0.3, -0.25) is 14.5 Å². The Hall–Kier alpha value is -3.66. The molecule has 0 atom stereocenters. The Bertz CT molecular complexity index is 1510. The molecule has 2 aromatic heterocycles. The molecular weight excluding hydrogens is 527 g/mol. The van der Waals surface area contributed by atoms with E-state index in [0.29, 0.717) is 27.3 Å². The van der Waals surface area contributed by atoms with Crippen molar-refractivity contribution >= 4 is 39.1 Å². The molecule has 10 heteroatoms. The lowest BCUT2D eigenvalue weighted by atomic mass is 9.92. The van der Waals surface area contributed by atoms with Crippen LogP contribution in [-0.4, -0.2) is 34.8 Å². The van der Waals surface area contributed by atoms with Crippen LogP contribution in [0.25, 0.3) is 10.9 Å². The van der Waals surface area contributed by atoms with Crippen LogP contribution in [0.5, 0.6) is 5.75 Å². The number of alkyl halides is 3. The number of H-pyrrole nitrogens is 1. The number of methoxy groups -OCH3 is 1. The van der Waals surface area contributed by atoms with Gasteiger partial charge < -0.3 is 9.72 Å². The molecule has 2 aromatic carbocycles. The van der Waals surface area contributed by atoms with Gasteiger partial charge in [0.2, 0.25) is 5.91 Å². The molecule has 4 aromatic rings. The first-order valence-electron chi connectivity index (χ1n) is 12.8. The second-order valence-corrected chi connectivity index (χ2v) is 10.6. The number of ketones is 1. The molecule has 1 aliphatic rings. The van der Waals surface area contributed by atoms with Gasteiger partial charge in [-0.25, -0.2) is 4.98 Å². The fraction of sp³-hybridized carbons (Fsp3) is 0.345. The lowest BCUT2D eigenvalue weighted by Gasteiger charge is -2.32. The Kier molecular flexibility index (Phi) is 7.48. The van der Waals surface area contributed by atoms with Gasteiger partial charge >= 0.3 is 6.18 Å². The van der Waals surface area contributed by atoms with Gasteiger partial charge in [-0.1, -0.05) is 37.5 Å². The lowest BCUT2D eigenvalue weighted by Crippen LogP contribution is -2.42. The maximum atomic E-state index is 13.9. The molecule has 1 amide bonds. The summed E-state index contributed by atoms with van der Waals surface area (Å²) in [5, 5.41) is 2.84. The van der Waals surface area contributed by atoms with Crippen LogP contribution >= 0.6 is 11.3 Å². The summed E-state index contributed by atoms with van der Waals surface area (Å²) in [4.78, 5) is 37.1. The molecule has 0 radical (unpaired) electrons. The van der Waals surface area contributed by atoms with E-state index in [1.807, 2.05) is 5.38 Å². The van der Waals surface area contributed by atoms with Gasteiger partial charge in [-0.15, -0.1) is 11.3 Å². The molecule has 0 bridgehead atoms. The van der Waals surface area contributed by atoms with Crippen molar-refractivity contribution in [2.45, 2.75) is 57.7 Å². The van der Waals surface area contributed by atoms with Crippen LogP contribution in [0.15, 0.2) is 48.0 Å². The van der Waals surface area contributed by atoms with Crippen molar-refractivity contribution in [3.8, 4) is 5.75 Å². The number of aryl methyl sites for hydroxylation is 1. The third-order valence-electron chi connectivity index (χ3n) is 7.33. The van der Waals surface area contributed by atoms with Crippen molar-refractivity contribution in [2.75, 3.05) is 12.0 Å². The standard InChI is InChI=1S/C29H28F3N3O3S/c1-17-20(16-24(36)35(28-33-14-15-39-28)18-8-4-3-5-9-18)25-22(34-17)12-13-23(38-2)26(25)27(37)19-10-6-7-11-21(19)29(30,31)32/h6-7,10-15,18,34H,3-5,8-9,16H2,1-2H3. The van der Waals surface area contributed by atoms with E-state index >= 15 is 0 Å². The van der Waals surface area contributed by atoms with E-state index in [4.69, 9.17) is 4.74 Å². The predicted molar refractivity (Wildman–Crippen MR) is 145 cm³/mol. The van der Waals surface area contributed by atoms with Gasteiger partial charge in [-0.05, 0) is 43.5 Å². The Morgan fingerprint density at radius 3 is 2.54 bits per heavy atom. The van der Waals surface area contributed by atoms with Crippen LogP contribution in [0.4, 0.5) is 18.3 Å². The van der Waals surface area contributed by atoms with Crippen LogP contribution in [0.1, 0.15) is 64.8 Å². The predicted octanol–water partition coefficient (Wildman–Crippen LogP) is 7.10. The molecule has 0 saturated heterocycles. The zero-order valence-corrected chi connectivity index (χ0v) is 22.4. The van der Waals surface area contributed by atoms with Gasteiger partial charge in [0, 0.05) is 39.8 Å². The van der Waals surface area contributed by atoms with Crippen LogP contribution in [0.3, 0.4) is 0 Å². The SMILES string of the molecule is COc1ccc2[nH]c(C)c(CC(=O)N(c3nccs3)C3CCCCC3)c2c1C(=O)c1ccccc1C(F)(F)F. The number of anilines is 1. The Morgan fingerprint density at radius 2 is 1.87 bits per heavy atom. The maximum absolute atomic E-state index is 13.9. The quantitative estimate of drug-likeness (QED) is 0.247. The largest absolute Gasteiger partial charge is 0.496 e. The van der Waals surface area contributed by atoms with Crippen LogP contribution in [0.2, 0.25) is 0 Å². The molecule has 0 aliphatic heterocycles. The fourth-order valence-electron chi connectivity index (χ4n) is 5.52. The number of aromatic nitrogens is 2. The smallest absolute Gasteiger partial charge is 0.417 e. The van der Waals surface area contributed by atoms with E-state index in [1.54, 1.807) is 30.2 Å². The molecule has 0 unspecified atom stereocenters. The summed E-state index contributed by atoms with van der Waals surface area (Å²) in [5.41, 5.74) is 0.260. The zero-order chi connectivity index (χ0) is 27.7. The number of nitrogens with one attached hydrogen (secondary N) is 1. The topological polar surface area (TPSA) is 75.3 Å². The Labute approximate surface area is 227 Å². The highest BCUT2D eigenvalue weighted by molar-refractivity contribution is 7.13. The Morgan fingerprint density at radius 1 is 1.13 bits per heavy atom. The highest BCUT2D eigenvalue weighted by Gasteiger charge is 2.37. The average Bonchev–Trinajstić information content (AvgIpc) is 3.56. The number of nitrogens with zero attached hydrogens (tertiary/aromatic N) is 2. The highest BCUT2D eigenvalue weighted by Crippen LogP contribution is 2.38. The molecule has 2 heterocycles. The first-order chi connectivity index (χ1) is 18.7. The molecule has 204 valence electrons. The lowest BCUT2D eigenvalue weighted by molar-refractivity contribution is -0.137. The van der Waals surface area contributed by atoms with E-state index in [0.717, 1.165) is 38.2 Å². The zero-order valence-electron chi connectivity index (χ0n) is 21.6. The van der Waals surface area contributed by atoms with E-state index in [1.165, 1.54) is 36.6 Å². The van der Waals surface area contributed by atoms with E-state index < -0.39 is 23.1 Å². The van der Waals surface area contributed by atoms with Crippen molar-refractivity contribution in [2.24, 2.45) is 0 Å². The number of fused-ring (bicyclic) bond motifs is 1. The summed E-state index contributed by atoms with van der Waals surface area (Å²) in [5.74, 6) is -0.846. The van der Waals surface area contributed by atoms with E-state index in [2.05, 4.69) is 9.97 Å². The fourth-order valence-corrected chi connectivity index (χ4v) is 6.25. The van der Waals surface area contributed by atoms with Crippen molar-refractivity contribution < 1.29 is 27.5 Å². The summed E-state index contributed by atoms with van der Waals surface area (Å²) in [6.45, 7) is 1.79. The minimum absolute atomic E-state index is 0.00249. The first kappa shape index (κ1) is 26.9. The number of hydrogen-bond acceptors (Lipinski definition) is 5. The number of amides is 1. The van der Waals surface area contributed by atoms with Crippen molar-refractivity contribution in [1.82, 2.24) is 9.97 Å². The number of aromatic amines is 1. The molecule has 1 fully saturated rings. The number of hydrogen-bond donors (Lipinski definition) is 1. The third kappa shape index (κ3) is 5.17. The molecule has 1 saturated carbocycles. The molecule has 6 nitrogen and oxygen atoms in total. The summed E-state index contributed by atoms with van der Waals surface area (Å²) < 4.78 is 47.0. The minimum atomic E-state index is -4.71. The Balaban J connectivity index is 1.62. The number of carbonyl (C=O) groups excluding carboxylic acids is 2. The monoisotopic (exact) mass is 555 g/mol. The molecule has 1 aliphatic carbocycles. The van der Waals surface area contributed by atoms with Gasteiger partial charge in [-0.2, -0.15) is 13.2 Å². The summed E-state index contributed by atoms with van der Waals surface area (Å²) in [6, 6.07) is 8.00. The molecule has 1 N–H and O–H groups in total. The first-order valence-corrected chi connectivity index (χ1v) is 13.7.